The van der Waals surface area contributed by atoms with Gasteiger partial charge in [0.05, 0.1) is 5.56 Å². The normalized spacial score (nSPS) is 12.4. The summed E-state index contributed by atoms with van der Waals surface area (Å²) in [6.07, 6.45) is 7.24. The van der Waals surface area contributed by atoms with E-state index in [-0.39, 0.29) is 11.5 Å². The Kier molecular flexibility index (Phi) is 10.9. The average Bonchev–Trinajstić information content (AvgIpc) is 2.60. The van der Waals surface area contributed by atoms with Crippen LogP contribution in [0.5, 0.6) is 0 Å². The molecule has 5 nitrogen and oxygen atoms in total. The van der Waals surface area contributed by atoms with Gasteiger partial charge in [-0.3, -0.25) is 4.79 Å². The number of halogens is 3. The molecule has 1 rings (SSSR count). The van der Waals surface area contributed by atoms with E-state index >= 15 is 0 Å². The van der Waals surface area contributed by atoms with Crippen LogP contribution in [0.15, 0.2) is 24.3 Å². The number of carbonyl (C=O) groups is 2. The zero-order chi connectivity index (χ0) is 20.3. The number of benzene rings is 1. The van der Waals surface area contributed by atoms with Gasteiger partial charge in [-0.25, -0.2) is 4.79 Å². The molecule has 0 bridgehead atoms. The predicted octanol–water partition coefficient (Wildman–Crippen LogP) is 5.75. The second kappa shape index (κ2) is 12.3. The highest BCUT2D eigenvalue weighted by molar-refractivity contribution is 6.68. The van der Waals surface area contributed by atoms with Crippen LogP contribution in [0.3, 0.4) is 0 Å². The Balaban J connectivity index is 2.48. The van der Waals surface area contributed by atoms with Gasteiger partial charge in [0.15, 0.2) is 0 Å². The summed E-state index contributed by atoms with van der Waals surface area (Å²) in [6.45, 7) is 2.18. The molecule has 0 saturated carbocycles. The SMILES string of the molecule is CCCCCCCCCC(=O)N[C@@H](Nc1ccc(C(=O)O)cc1)C(Cl)(Cl)Cl. The van der Waals surface area contributed by atoms with Gasteiger partial charge in [-0.2, -0.15) is 0 Å². The number of carbonyl (C=O) groups excluding carboxylic acids is 1. The Morgan fingerprint density at radius 1 is 1.00 bits per heavy atom. The number of aromatic carboxylic acids is 1. The van der Waals surface area contributed by atoms with Crippen molar-refractivity contribution in [3.8, 4) is 0 Å². The fourth-order valence-corrected chi connectivity index (χ4v) is 2.88. The molecule has 8 heteroatoms. The van der Waals surface area contributed by atoms with Gasteiger partial charge in [0.2, 0.25) is 9.70 Å². The maximum absolute atomic E-state index is 12.2. The number of unbranched alkanes of at least 4 members (excludes halogenated alkanes) is 6. The molecule has 0 saturated heterocycles. The van der Waals surface area contributed by atoms with Gasteiger partial charge in [0.1, 0.15) is 6.17 Å². The van der Waals surface area contributed by atoms with Crippen molar-refractivity contribution in [3.63, 3.8) is 0 Å². The number of nitrogens with one attached hydrogen (secondary N) is 2. The monoisotopic (exact) mass is 436 g/mol. The first-order chi connectivity index (χ1) is 12.7. The topological polar surface area (TPSA) is 78.4 Å². The Bertz CT molecular complexity index is 589. The minimum atomic E-state index is -1.76. The number of carboxylic acid groups (broad SMARTS) is 1. The van der Waals surface area contributed by atoms with E-state index in [1.165, 1.54) is 37.8 Å². The fourth-order valence-electron chi connectivity index (χ4n) is 2.55. The Labute approximate surface area is 175 Å². The molecule has 0 fully saturated rings. The van der Waals surface area contributed by atoms with Gasteiger partial charge in [-0.05, 0) is 30.7 Å². The first-order valence-electron chi connectivity index (χ1n) is 9.20. The molecule has 1 aromatic rings. The lowest BCUT2D eigenvalue weighted by molar-refractivity contribution is -0.121. The predicted molar refractivity (Wildman–Crippen MR) is 112 cm³/mol. The highest BCUT2D eigenvalue weighted by Crippen LogP contribution is 2.31. The smallest absolute Gasteiger partial charge is 0.335 e. The van der Waals surface area contributed by atoms with Crippen LogP contribution < -0.4 is 10.6 Å². The van der Waals surface area contributed by atoms with E-state index in [1.54, 1.807) is 12.1 Å². The van der Waals surface area contributed by atoms with Crippen molar-refractivity contribution >= 4 is 52.4 Å². The third kappa shape index (κ3) is 10.1. The van der Waals surface area contributed by atoms with Crippen LogP contribution >= 0.6 is 34.8 Å². The quantitative estimate of drug-likeness (QED) is 0.221. The molecule has 0 radical (unpaired) electrons. The van der Waals surface area contributed by atoms with Crippen molar-refractivity contribution < 1.29 is 14.7 Å². The van der Waals surface area contributed by atoms with Crippen molar-refractivity contribution in [3.05, 3.63) is 29.8 Å². The molecule has 0 aliphatic rings. The third-order valence-electron chi connectivity index (χ3n) is 4.08. The maximum Gasteiger partial charge on any atom is 0.335 e. The lowest BCUT2D eigenvalue weighted by Crippen LogP contribution is -2.49. The van der Waals surface area contributed by atoms with Gasteiger partial charge in [0.25, 0.3) is 0 Å². The molecule has 3 N–H and O–H groups in total. The van der Waals surface area contributed by atoms with E-state index in [1.807, 2.05) is 0 Å². The summed E-state index contributed by atoms with van der Waals surface area (Å²) in [5.41, 5.74) is 0.682. The highest BCUT2D eigenvalue weighted by atomic mass is 35.6. The number of rotatable bonds is 12. The Hall–Kier alpha value is -1.17. The van der Waals surface area contributed by atoms with Crippen LogP contribution in [0, 0.1) is 0 Å². The van der Waals surface area contributed by atoms with Gasteiger partial charge >= 0.3 is 5.97 Å². The number of amides is 1. The Morgan fingerprint density at radius 3 is 2.07 bits per heavy atom. The molecule has 0 heterocycles. The second-order valence-corrected chi connectivity index (χ2v) is 8.81. The van der Waals surface area contributed by atoms with Gasteiger partial charge in [-0.15, -0.1) is 0 Å². The summed E-state index contributed by atoms with van der Waals surface area (Å²) < 4.78 is -1.76. The van der Waals surface area contributed by atoms with Crippen LogP contribution in [0.4, 0.5) is 5.69 Å². The van der Waals surface area contributed by atoms with Crippen molar-refractivity contribution in [2.75, 3.05) is 5.32 Å². The summed E-state index contributed by atoms with van der Waals surface area (Å²) in [4.78, 5) is 23.1. The number of hydrogen-bond acceptors (Lipinski definition) is 3. The number of anilines is 1. The largest absolute Gasteiger partial charge is 0.478 e. The minimum absolute atomic E-state index is 0.147. The third-order valence-corrected chi connectivity index (χ3v) is 4.74. The number of alkyl halides is 3. The molecular formula is C19H27Cl3N2O3. The molecule has 0 spiro atoms. The molecule has 1 atom stereocenters. The summed E-state index contributed by atoms with van der Waals surface area (Å²) >= 11 is 17.9. The second-order valence-electron chi connectivity index (χ2n) is 6.44. The summed E-state index contributed by atoms with van der Waals surface area (Å²) in [5.74, 6) is -1.22. The minimum Gasteiger partial charge on any atom is -0.478 e. The molecule has 0 aromatic heterocycles. The van der Waals surface area contributed by atoms with Crippen molar-refractivity contribution in [1.29, 1.82) is 0 Å². The summed E-state index contributed by atoms with van der Waals surface area (Å²) in [5, 5.41) is 14.5. The molecule has 0 unspecified atom stereocenters. The lowest BCUT2D eigenvalue weighted by atomic mass is 10.1. The molecule has 27 heavy (non-hydrogen) atoms. The van der Waals surface area contributed by atoms with Gasteiger partial charge < -0.3 is 15.7 Å². The average molecular weight is 438 g/mol. The zero-order valence-electron chi connectivity index (χ0n) is 15.4. The Morgan fingerprint density at radius 2 is 1.56 bits per heavy atom. The maximum atomic E-state index is 12.2. The molecule has 0 aliphatic carbocycles. The first kappa shape index (κ1) is 23.9. The molecule has 1 amide bonds. The number of hydrogen-bond donors (Lipinski definition) is 3. The van der Waals surface area contributed by atoms with Gasteiger partial charge in [0, 0.05) is 12.1 Å². The van der Waals surface area contributed by atoms with Gasteiger partial charge in [-0.1, -0.05) is 80.3 Å². The van der Waals surface area contributed by atoms with E-state index in [2.05, 4.69) is 17.6 Å². The summed E-state index contributed by atoms with van der Waals surface area (Å²) in [7, 11) is 0. The van der Waals surface area contributed by atoms with Crippen LogP contribution in [-0.4, -0.2) is 26.9 Å². The van der Waals surface area contributed by atoms with Crippen LogP contribution in [0.1, 0.15) is 68.6 Å². The molecule has 0 aliphatic heterocycles. The van der Waals surface area contributed by atoms with Crippen LogP contribution in [0.2, 0.25) is 0 Å². The fraction of sp³-hybridized carbons (Fsp3) is 0.579. The van der Waals surface area contributed by atoms with Crippen LogP contribution in [0.25, 0.3) is 0 Å². The molecule has 1 aromatic carbocycles. The van der Waals surface area contributed by atoms with Crippen molar-refractivity contribution in [1.82, 2.24) is 5.32 Å². The van der Waals surface area contributed by atoms with E-state index in [9.17, 15) is 9.59 Å². The van der Waals surface area contributed by atoms with Crippen LogP contribution in [-0.2, 0) is 4.79 Å². The van der Waals surface area contributed by atoms with Crippen molar-refractivity contribution in [2.45, 2.75) is 68.2 Å². The van der Waals surface area contributed by atoms with E-state index in [4.69, 9.17) is 39.9 Å². The van der Waals surface area contributed by atoms with E-state index in [0.717, 1.165) is 19.3 Å². The number of carboxylic acids is 1. The molecular weight excluding hydrogens is 411 g/mol. The zero-order valence-corrected chi connectivity index (χ0v) is 17.7. The molecule has 152 valence electrons. The summed E-state index contributed by atoms with van der Waals surface area (Å²) in [6, 6.07) is 5.96. The highest BCUT2D eigenvalue weighted by Gasteiger charge is 2.33. The van der Waals surface area contributed by atoms with Crippen molar-refractivity contribution in [2.24, 2.45) is 0 Å². The van der Waals surface area contributed by atoms with E-state index < -0.39 is 15.9 Å². The first-order valence-corrected chi connectivity index (χ1v) is 10.3. The standard InChI is InChI=1S/C19H27Cl3N2O3/c1-2-3-4-5-6-7-8-9-16(25)24-18(19(20,21)22)23-15-12-10-14(11-13-15)17(26)27/h10-13,18,23H,2-9H2,1H3,(H,24,25)(H,26,27)/t18-/m1/s1. The lowest BCUT2D eigenvalue weighted by Gasteiger charge is -2.27. The van der Waals surface area contributed by atoms with E-state index in [0.29, 0.717) is 12.1 Å².